The van der Waals surface area contributed by atoms with Crippen LogP contribution in [0.1, 0.15) is 5.89 Å². The molecule has 1 aromatic heterocycles. The Balaban J connectivity index is 1.65. The van der Waals surface area contributed by atoms with Gasteiger partial charge in [-0.1, -0.05) is 5.16 Å². The Kier molecular flexibility index (Phi) is 3.96. The number of halogens is 1. The summed E-state index contributed by atoms with van der Waals surface area (Å²) >= 11 is 0. The molecule has 0 saturated carbocycles. The van der Waals surface area contributed by atoms with Gasteiger partial charge in [-0.15, -0.1) is 0 Å². The van der Waals surface area contributed by atoms with Gasteiger partial charge in [0.05, 0.1) is 4.92 Å². The maximum absolute atomic E-state index is 12.9. The molecular weight excluding hydrogens is 305 g/mol. The number of aromatic nitrogens is 2. The largest absolute Gasteiger partial charge is 0.484 e. The predicted molar refractivity (Wildman–Crippen MR) is 77.1 cm³/mol. The lowest BCUT2D eigenvalue weighted by Gasteiger charge is -2.01. The van der Waals surface area contributed by atoms with Crippen LogP contribution in [0.15, 0.2) is 53.1 Å². The van der Waals surface area contributed by atoms with Crippen LogP contribution in [-0.4, -0.2) is 15.1 Å². The molecule has 116 valence electrons. The van der Waals surface area contributed by atoms with E-state index in [4.69, 9.17) is 9.26 Å². The highest BCUT2D eigenvalue weighted by Crippen LogP contribution is 2.19. The van der Waals surface area contributed by atoms with E-state index in [1.807, 2.05) is 0 Å². The topological polar surface area (TPSA) is 91.3 Å². The molecule has 0 unspecified atom stereocenters. The van der Waals surface area contributed by atoms with E-state index < -0.39 is 4.92 Å². The van der Waals surface area contributed by atoms with Gasteiger partial charge in [0.1, 0.15) is 11.6 Å². The molecule has 8 heteroatoms. The van der Waals surface area contributed by atoms with Crippen molar-refractivity contribution in [1.82, 2.24) is 10.1 Å². The molecule has 0 atom stereocenters. The average molecular weight is 315 g/mol. The van der Waals surface area contributed by atoms with Crippen molar-refractivity contribution in [2.24, 2.45) is 0 Å². The number of benzene rings is 2. The number of hydrogen-bond acceptors (Lipinski definition) is 6. The highest BCUT2D eigenvalue weighted by atomic mass is 19.1. The van der Waals surface area contributed by atoms with E-state index in [0.29, 0.717) is 17.1 Å². The van der Waals surface area contributed by atoms with Gasteiger partial charge in [-0.25, -0.2) is 4.39 Å². The Morgan fingerprint density at radius 1 is 1.13 bits per heavy atom. The third-order valence-corrected chi connectivity index (χ3v) is 2.98. The Bertz CT molecular complexity index is 815. The van der Waals surface area contributed by atoms with Crippen LogP contribution in [0.2, 0.25) is 0 Å². The van der Waals surface area contributed by atoms with E-state index in [1.165, 1.54) is 36.4 Å². The summed E-state index contributed by atoms with van der Waals surface area (Å²) < 4.78 is 23.3. The van der Waals surface area contributed by atoms with Crippen LogP contribution in [0.5, 0.6) is 5.75 Å². The van der Waals surface area contributed by atoms with E-state index in [9.17, 15) is 14.5 Å². The zero-order valence-corrected chi connectivity index (χ0v) is 11.7. The summed E-state index contributed by atoms with van der Waals surface area (Å²) in [6.45, 7) is 0.0198. The van der Waals surface area contributed by atoms with Gasteiger partial charge in [0.2, 0.25) is 5.82 Å². The van der Waals surface area contributed by atoms with Crippen molar-refractivity contribution in [2.45, 2.75) is 6.61 Å². The van der Waals surface area contributed by atoms with Crippen molar-refractivity contribution in [3.05, 3.63) is 70.4 Å². The maximum atomic E-state index is 12.9. The van der Waals surface area contributed by atoms with Gasteiger partial charge in [-0.2, -0.15) is 4.98 Å². The minimum Gasteiger partial charge on any atom is -0.484 e. The molecule has 0 aliphatic heterocycles. The van der Waals surface area contributed by atoms with Crippen LogP contribution < -0.4 is 4.74 Å². The summed E-state index contributed by atoms with van der Waals surface area (Å²) in [4.78, 5) is 14.2. The zero-order valence-electron chi connectivity index (χ0n) is 11.7. The molecule has 0 N–H and O–H groups in total. The molecule has 7 nitrogen and oxygen atoms in total. The number of nitro groups is 1. The minimum atomic E-state index is -0.489. The van der Waals surface area contributed by atoms with Gasteiger partial charge in [0.15, 0.2) is 6.61 Å². The molecule has 0 saturated heterocycles. The first-order chi connectivity index (χ1) is 11.1. The highest BCUT2D eigenvalue weighted by molar-refractivity contribution is 5.53. The third kappa shape index (κ3) is 3.49. The second-order valence-corrected chi connectivity index (χ2v) is 4.56. The normalized spacial score (nSPS) is 10.5. The first kappa shape index (κ1) is 14.6. The van der Waals surface area contributed by atoms with E-state index in [0.717, 1.165) is 0 Å². The molecule has 0 radical (unpaired) electrons. The number of non-ortho nitro benzene ring substituents is 1. The smallest absolute Gasteiger partial charge is 0.269 e. The number of nitro benzene ring substituents is 1. The van der Waals surface area contributed by atoms with Crippen molar-refractivity contribution in [2.75, 3.05) is 0 Å². The number of nitrogens with zero attached hydrogens (tertiary/aromatic N) is 3. The fraction of sp³-hybridized carbons (Fsp3) is 0.0667. The number of hydrogen-bond donors (Lipinski definition) is 0. The van der Waals surface area contributed by atoms with Gasteiger partial charge < -0.3 is 9.26 Å². The maximum Gasteiger partial charge on any atom is 0.269 e. The molecule has 0 bridgehead atoms. The van der Waals surface area contributed by atoms with E-state index in [2.05, 4.69) is 10.1 Å². The molecule has 0 aliphatic carbocycles. The fourth-order valence-electron chi connectivity index (χ4n) is 1.84. The van der Waals surface area contributed by atoms with Crippen LogP contribution in [0.25, 0.3) is 11.4 Å². The quantitative estimate of drug-likeness (QED) is 0.529. The molecule has 0 fully saturated rings. The van der Waals surface area contributed by atoms with E-state index >= 15 is 0 Å². The first-order valence-corrected chi connectivity index (χ1v) is 6.57. The molecule has 3 rings (SSSR count). The standard InChI is InChI=1S/C15H10FN3O4/c16-11-3-1-10(2-4-11)15-17-14(23-18-15)9-22-13-7-5-12(6-8-13)19(20)21/h1-8H,9H2. The van der Waals surface area contributed by atoms with Crippen molar-refractivity contribution in [3.63, 3.8) is 0 Å². The molecule has 0 spiro atoms. The van der Waals surface area contributed by atoms with Crippen LogP contribution in [0.3, 0.4) is 0 Å². The Morgan fingerprint density at radius 3 is 2.48 bits per heavy atom. The van der Waals surface area contributed by atoms with Crippen molar-refractivity contribution >= 4 is 5.69 Å². The molecule has 3 aromatic rings. The van der Waals surface area contributed by atoms with Gasteiger partial charge in [0.25, 0.3) is 11.6 Å². The van der Waals surface area contributed by atoms with E-state index in [-0.39, 0.29) is 24.0 Å². The lowest BCUT2D eigenvalue weighted by Crippen LogP contribution is -1.96. The van der Waals surface area contributed by atoms with Crippen LogP contribution in [0.4, 0.5) is 10.1 Å². The van der Waals surface area contributed by atoms with Crippen LogP contribution in [0, 0.1) is 15.9 Å². The summed E-state index contributed by atoms with van der Waals surface area (Å²) in [7, 11) is 0. The summed E-state index contributed by atoms with van der Waals surface area (Å²) in [6, 6.07) is 11.3. The number of rotatable bonds is 5. The lowest BCUT2D eigenvalue weighted by molar-refractivity contribution is -0.384. The predicted octanol–water partition coefficient (Wildman–Crippen LogP) is 3.36. The SMILES string of the molecule is O=[N+]([O-])c1ccc(OCc2nc(-c3ccc(F)cc3)no2)cc1. The van der Waals surface area contributed by atoms with Crippen LogP contribution >= 0.6 is 0 Å². The first-order valence-electron chi connectivity index (χ1n) is 6.57. The molecule has 23 heavy (non-hydrogen) atoms. The molecule has 1 heterocycles. The summed E-state index contributed by atoms with van der Waals surface area (Å²) in [5, 5.41) is 14.3. The van der Waals surface area contributed by atoms with Gasteiger partial charge in [0, 0.05) is 17.7 Å². The minimum absolute atomic E-state index is 0.0197. The third-order valence-electron chi connectivity index (χ3n) is 2.98. The molecule has 0 amide bonds. The lowest BCUT2D eigenvalue weighted by atomic mass is 10.2. The van der Waals surface area contributed by atoms with Gasteiger partial charge in [-0.05, 0) is 36.4 Å². The Morgan fingerprint density at radius 2 is 1.83 bits per heavy atom. The van der Waals surface area contributed by atoms with Gasteiger partial charge in [-0.3, -0.25) is 10.1 Å². The summed E-state index contributed by atoms with van der Waals surface area (Å²) in [5.41, 5.74) is 0.602. The average Bonchev–Trinajstić information content (AvgIpc) is 3.03. The summed E-state index contributed by atoms with van der Waals surface area (Å²) in [5.74, 6) is 0.658. The summed E-state index contributed by atoms with van der Waals surface area (Å²) in [6.07, 6.45) is 0. The molecular formula is C15H10FN3O4. The second kappa shape index (κ2) is 6.22. The monoisotopic (exact) mass is 315 g/mol. The van der Waals surface area contributed by atoms with Crippen LogP contribution in [-0.2, 0) is 6.61 Å². The van der Waals surface area contributed by atoms with E-state index in [1.54, 1.807) is 12.1 Å². The Labute approximate surface area is 129 Å². The van der Waals surface area contributed by atoms with Gasteiger partial charge >= 0.3 is 0 Å². The van der Waals surface area contributed by atoms with Crippen molar-refractivity contribution in [3.8, 4) is 17.1 Å². The Hall–Kier alpha value is -3.29. The second-order valence-electron chi connectivity index (χ2n) is 4.56. The van der Waals surface area contributed by atoms with Crippen molar-refractivity contribution in [1.29, 1.82) is 0 Å². The number of ether oxygens (including phenoxy) is 1. The molecule has 2 aromatic carbocycles. The highest BCUT2D eigenvalue weighted by Gasteiger charge is 2.10. The van der Waals surface area contributed by atoms with Crippen molar-refractivity contribution < 1.29 is 18.6 Å². The molecule has 0 aliphatic rings. The zero-order chi connectivity index (χ0) is 16.2. The fourth-order valence-corrected chi connectivity index (χ4v) is 1.84.